The molecular formula is C16H15N7O3. The van der Waals surface area contributed by atoms with Gasteiger partial charge in [-0.1, -0.05) is 5.21 Å². The maximum absolute atomic E-state index is 12.4. The molecule has 132 valence electrons. The highest BCUT2D eigenvalue weighted by Crippen LogP contribution is 2.73. The first-order valence-electron chi connectivity index (χ1n) is 7.95. The number of anilines is 2. The van der Waals surface area contributed by atoms with Crippen molar-refractivity contribution in [2.45, 2.75) is 19.3 Å². The summed E-state index contributed by atoms with van der Waals surface area (Å²) < 4.78 is 1.30. The third kappa shape index (κ3) is 2.28. The van der Waals surface area contributed by atoms with E-state index in [9.17, 15) is 9.59 Å². The van der Waals surface area contributed by atoms with Gasteiger partial charge < -0.3 is 10.4 Å². The van der Waals surface area contributed by atoms with Crippen molar-refractivity contribution in [3.8, 4) is 17.5 Å². The molecule has 2 amide bonds. The van der Waals surface area contributed by atoms with Crippen LogP contribution in [0.1, 0.15) is 19.3 Å². The number of carboxylic acid groups (broad SMARTS) is 1. The molecule has 0 unspecified atom stereocenters. The molecule has 3 saturated carbocycles. The number of hydrogen-bond donors (Lipinski definition) is 3. The van der Waals surface area contributed by atoms with Gasteiger partial charge in [-0.3, -0.25) is 15.1 Å². The van der Waals surface area contributed by atoms with Crippen LogP contribution in [-0.4, -0.2) is 37.1 Å². The van der Waals surface area contributed by atoms with Gasteiger partial charge in [-0.15, -0.1) is 5.10 Å². The van der Waals surface area contributed by atoms with Crippen LogP contribution in [0.4, 0.5) is 16.3 Å². The number of carbonyl (C=O) groups excluding carboxylic acids is 1. The quantitative estimate of drug-likeness (QED) is 0.756. The van der Waals surface area contributed by atoms with Crippen LogP contribution in [0.25, 0.3) is 11.4 Å². The molecule has 0 spiro atoms. The number of rotatable bonds is 4. The van der Waals surface area contributed by atoms with Crippen molar-refractivity contribution >= 4 is 23.5 Å². The molecule has 0 aromatic carbocycles. The molecule has 0 saturated heterocycles. The maximum atomic E-state index is 12.4. The predicted octanol–water partition coefficient (Wildman–Crippen LogP) is 1.60. The number of hydrogen-bond acceptors (Lipinski definition) is 6. The second-order valence-corrected chi connectivity index (χ2v) is 6.93. The lowest BCUT2D eigenvalue weighted by Crippen LogP contribution is -2.65. The summed E-state index contributed by atoms with van der Waals surface area (Å²) in [5, 5.41) is 30.7. The summed E-state index contributed by atoms with van der Waals surface area (Å²) in [6.07, 6.45) is 2.12. The molecule has 3 aliphatic carbocycles. The summed E-state index contributed by atoms with van der Waals surface area (Å²) in [6, 6.07) is 5.58. The summed E-state index contributed by atoms with van der Waals surface area (Å²) in [6.45, 7) is 0. The van der Waals surface area contributed by atoms with Crippen LogP contribution in [0.5, 0.6) is 0 Å². The standard InChI is InChI=1S/C16H15N7O3/c1-23-12(20-14(25)26)11(21-22-23)10-3-2-9(4-18-10)19-13(24)16-5-15(6-16,7-16)8-17/h2-4,20H,5-7H2,1H3,(H,19,24)(H,25,26). The molecule has 26 heavy (non-hydrogen) atoms. The van der Waals surface area contributed by atoms with Crippen molar-refractivity contribution in [3.05, 3.63) is 18.3 Å². The van der Waals surface area contributed by atoms with Crippen molar-refractivity contribution < 1.29 is 14.7 Å². The van der Waals surface area contributed by atoms with Crippen LogP contribution in [0.3, 0.4) is 0 Å². The normalized spacial score (nSPS) is 25.4. The highest BCUT2D eigenvalue weighted by atomic mass is 16.4. The van der Waals surface area contributed by atoms with E-state index in [1.165, 1.54) is 10.9 Å². The van der Waals surface area contributed by atoms with E-state index in [-0.39, 0.29) is 17.1 Å². The number of nitrogens with zero attached hydrogens (tertiary/aromatic N) is 5. The fourth-order valence-corrected chi connectivity index (χ4v) is 3.79. The Morgan fingerprint density at radius 1 is 1.31 bits per heavy atom. The largest absolute Gasteiger partial charge is 0.465 e. The lowest BCUT2D eigenvalue weighted by atomic mass is 9.35. The van der Waals surface area contributed by atoms with E-state index in [2.05, 4.69) is 32.0 Å². The van der Waals surface area contributed by atoms with Crippen LogP contribution < -0.4 is 10.6 Å². The third-order valence-corrected chi connectivity index (χ3v) is 5.07. The topological polar surface area (TPSA) is 146 Å². The van der Waals surface area contributed by atoms with Crippen molar-refractivity contribution in [2.24, 2.45) is 17.9 Å². The van der Waals surface area contributed by atoms with E-state index in [1.807, 2.05) is 0 Å². The Labute approximate surface area is 147 Å². The Morgan fingerprint density at radius 2 is 2.04 bits per heavy atom. The summed E-state index contributed by atoms with van der Waals surface area (Å²) >= 11 is 0. The van der Waals surface area contributed by atoms with Crippen molar-refractivity contribution in [1.29, 1.82) is 5.26 Å². The number of amides is 2. The molecule has 5 rings (SSSR count). The van der Waals surface area contributed by atoms with Gasteiger partial charge >= 0.3 is 6.09 Å². The Morgan fingerprint density at radius 3 is 2.62 bits per heavy atom. The van der Waals surface area contributed by atoms with Crippen molar-refractivity contribution in [1.82, 2.24) is 20.0 Å². The molecule has 10 nitrogen and oxygen atoms in total. The van der Waals surface area contributed by atoms with Crippen LogP contribution in [0.2, 0.25) is 0 Å². The molecule has 10 heteroatoms. The lowest BCUT2D eigenvalue weighted by molar-refractivity contribution is -0.179. The first-order chi connectivity index (χ1) is 12.4. The number of pyridine rings is 1. The Kier molecular flexibility index (Phi) is 3.24. The zero-order chi connectivity index (χ0) is 18.5. The SMILES string of the molecule is Cn1nnc(-c2ccc(NC(=O)C34CC(C#N)(C3)C4)cn2)c1NC(=O)O. The van der Waals surface area contributed by atoms with Crippen LogP contribution in [0.15, 0.2) is 18.3 Å². The fourth-order valence-electron chi connectivity index (χ4n) is 3.79. The Balaban J connectivity index is 1.48. The first-order valence-corrected chi connectivity index (χ1v) is 7.95. The van der Waals surface area contributed by atoms with Gasteiger partial charge in [-0.05, 0) is 31.4 Å². The van der Waals surface area contributed by atoms with Gasteiger partial charge in [0.2, 0.25) is 5.91 Å². The van der Waals surface area contributed by atoms with Crippen LogP contribution in [0, 0.1) is 22.2 Å². The van der Waals surface area contributed by atoms with Gasteiger partial charge in [0.25, 0.3) is 0 Å². The molecule has 3 N–H and O–H groups in total. The minimum atomic E-state index is -1.23. The van der Waals surface area contributed by atoms with E-state index < -0.39 is 11.5 Å². The predicted molar refractivity (Wildman–Crippen MR) is 88.8 cm³/mol. The molecule has 0 radical (unpaired) electrons. The number of aromatic nitrogens is 4. The molecule has 2 aromatic heterocycles. The molecule has 2 aromatic rings. The van der Waals surface area contributed by atoms with Gasteiger partial charge in [-0.2, -0.15) is 5.26 Å². The Hall–Kier alpha value is -3.48. The van der Waals surface area contributed by atoms with Crippen molar-refractivity contribution in [3.63, 3.8) is 0 Å². The second kappa shape index (κ2) is 5.26. The van der Waals surface area contributed by atoms with Crippen molar-refractivity contribution in [2.75, 3.05) is 10.6 Å². The maximum Gasteiger partial charge on any atom is 0.410 e. The monoisotopic (exact) mass is 353 g/mol. The van der Waals surface area contributed by atoms with Gasteiger partial charge in [0.1, 0.15) is 0 Å². The van der Waals surface area contributed by atoms with E-state index >= 15 is 0 Å². The Bertz CT molecular complexity index is 937. The summed E-state index contributed by atoms with van der Waals surface area (Å²) in [5.74, 6) is 0.120. The number of carbonyl (C=O) groups is 2. The van der Waals surface area contributed by atoms with E-state index in [4.69, 9.17) is 10.4 Å². The molecule has 0 atom stereocenters. The molecule has 3 aliphatic rings. The average Bonchev–Trinajstić information content (AvgIpc) is 2.86. The van der Waals surface area contributed by atoms with Crippen LogP contribution >= 0.6 is 0 Å². The van der Waals surface area contributed by atoms with Gasteiger partial charge in [0.15, 0.2) is 11.5 Å². The zero-order valence-electron chi connectivity index (χ0n) is 13.9. The highest BCUT2D eigenvalue weighted by Gasteiger charge is 2.72. The van der Waals surface area contributed by atoms with E-state index in [0.717, 1.165) is 0 Å². The average molecular weight is 353 g/mol. The minimum Gasteiger partial charge on any atom is -0.465 e. The smallest absolute Gasteiger partial charge is 0.410 e. The van der Waals surface area contributed by atoms with E-state index in [0.29, 0.717) is 36.3 Å². The molecule has 0 aliphatic heterocycles. The molecule has 3 fully saturated rings. The summed E-state index contributed by atoms with van der Waals surface area (Å²) in [7, 11) is 1.56. The molecule has 2 bridgehead atoms. The second-order valence-electron chi connectivity index (χ2n) is 6.93. The van der Waals surface area contributed by atoms with Crippen LogP contribution in [-0.2, 0) is 11.8 Å². The fraction of sp³-hybridized carbons (Fsp3) is 0.375. The number of nitrogens with one attached hydrogen (secondary N) is 2. The first kappa shape index (κ1) is 16.0. The minimum absolute atomic E-state index is 0.0862. The third-order valence-electron chi connectivity index (χ3n) is 5.07. The van der Waals surface area contributed by atoms with Gasteiger partial charge in [0.05, 0.1) is 34.5 Å². The summed E-state index contributed by atoms with van der Waals surface area (Å²) in [4.78, 5) is 27.5. The van der Waals surface area contributed by atoms with Gasteiger partial charge in [-0.25, -0.2) is 9.48 Å². The lowest BCUT2D eigenvalue weighted by Gasteiger charge is -2.65. The summed E-state index contributed by atoms with van der Waals surface area (Å²) in [5.41, 5.74) is 0.569. The zero-order valence-corrected chi connectivity index (χ0v) is 13.9. The number of aryl methyl sites for hydroxylation is 1. The van der Waals surface area contributed by atoms with E-state index in [1.54, 1.807) is 19.2 Å². The highest BCUT2D eigenvalue weighted by molar-refractivity contribution is 5.98. The van der Waals surface area contributed by atoms with Gasteiger partial charge in [0, 0.05) is 7.05 Å². The molecule has 2 heterocycles. The number of nitriles is 1. The molecular weight excluding hydrogens is 338 g/mol.